The number of amidine groups is 1. The second-order valence-electron chi connectivity index (χ2n) is 4.55. The van der Waals surface area contributed by atoms with Crippen molar-refractivity contribution in [3.63, 3.8) is 0 Å². The Morgan fingerprint density at radius 1 is 0.850 bits per heavy atom. The minimum atomic E-state index is 0.186. The van der Waals surface area contributed by atoms with E-state index in [0.717, 1.165) is 5.84 Å². The first-order valence-corrected chi connectivity index (χ1v) is 9.01. The van der Waals surface area contributed by atoms with Crippen LogP contribution in [0.5, 0.6) is 0 Å². The Morgan fingerprint density at radius 3 is 2.20 bits per heavy atom. The van der Waals surface area contributed by atoms with Crippen LogP contribution in [0.25, 0.3) is 0 Å². The van der Waals surface area contributed by atoms with Crippen molar-refractivity contribution in [2.75, 3.05) is 0 Å². The molecule has 0 aromatic carbocycles. The highest BCUT2D eigenvalue weighted by molar-refractivity contribution is 7.12. The van der Waals surface area contributed by atoms with E-state index in [2.05, 4.69) is 57.9 Å². The van der Waals surface area contributed by atoms with Crippen LogP contribution < -0.4 is 5.32 Å². The topological polar surface area (TPSA) is 24.4 Å². The van der Waals surface area contributed by atoms with E-state index in [-0.39, 0.29) is 12.1 Å². The van der Waals surface area contributed by atoms with Crippen LogP contribution in [0.2, 0.25) is 0 Å². The molecule has 0 fully saturated rings. The number of nitrogens with zero attached hydrogens (tertiary/aromatic N) is 1. The predicted molar refractivity (Wildman–Crippen MR) is 88.1 cm³/mol. The maximum Gasteiger partial charge on any atom is 0.139 e. The minimum absolute atomic E-state index is 0.186. The summed E-state index contributed by atoms with van der Waals surface area (Å²) >= 11 is 5.31. The fourth-order valence-electron chi connectivity index (χ4n) is 2.41. The highest BCUT2D eigenvalue weighted by atomic mass is 32.1. The third-order valence-corrected chi connectivity index (χ3v) is 6.09. The molecular formula is C15H12N2S3. The van der Waals surface area contributed by atoms with Crippen LogP contribution in [0.4, 0.5) is 0 Å². The van der Waals surface area contributed by atoms with Crippen molar-refractivity contribution in [1.82, 2.24) is 5.32 Å². The van der Waals surface area contributed by atoms with Gasteiger partial charge in [-0.1, -0.05) is 18.2 Å². The van der Waals surface area contributed by atoms with E-state index in [1.807, 2.05) is 0 Å². The maximum absolute atomic E-state index is 4.94. The average Bonchev–Trinajstić information content (AvgIpc) is 3.22. The summed E-state index contributed by atoms with van der Waals surface area (Å²) in [5.41, 5.74) is 0. The number of rotatable bonds is 3. The number of thiophene rings is 3. The first kappa shape index (κ1) is 12.3. The standard InChI is InChI=1S/C15H12N2S3/c1-4-10(18-7-1)13-14(11-5-2-8-19-11)17-15(16-13)12-6-3-9-20-12/h1-9,13-14H,(H,16,17)/t13-,14+. The van der Waals surface area contributed by atoms with Gasteiger partial charge in [-0.25, -0.2) is 0 Å². The molecule has 3 aromatic rings. The summed E-state index contributed by atoms with van der Waals surface area (Å²) in [6, 6.07) is 13.2. The Bertz CT molecular complexity index is 696. The van der Waals surface area contributed by atoms with E-state index in [1.165, 1.54) is 14.6 Å². The lowest BCUT2D eigenvalue weighted by Crippen LogP contribution is -2.23. The molecule has 100 valence electrons. The summed E-state index contributed by atoms with van der Waals surface area (Å²) in [7, 11) is 0. The van der Waals surface area contributed by atoms with Gasteiger partial charge in [0.05, 0.1) is 10.9 Å². The van der Waals surface area contributed by atoms with Crippen molar-refractivity contribution in [1.29, 1.82) is 0 Å². The summed E-state index contributed by atoms with van der Waals surface area (Å²) < 4.78 is 0. The van der Waals surface area contributed by atoms with Gasteiger partial charge < -0.3 is 5.32 Å². The highest BCUT2D eigenvalue weighted by Gasteiger charge is 2.33. The van der Waals surface area contributed by atoms with Crippen molar-refractivity contribution >= 4 is 39.8 Å². The first-order valence-electron chi connectivity index (χ1n) is 6.37. The Morgan fingerprint density at radius 2 is 1.55 bits per heavy atom. The summed E-state index contributed by atoms with van der Waals surface area (Å²) in [6.45, 7) is 0. The van der Waals surface area contributed by atoms with E-state index in [9.17, 15) is 0 Å². The van der Waals surface area contributed by atoms with Gasteiger partial charge in [-0.15, -0.1) is 34.0 Å². The third-order valence-electron chi connectivity index (χ3n) is 3.32. The summed E-state index contributed by atoms with van der Waals surface area (Å²) in [4.78, 5) is 8.82. The van der Waals surface area contributed by atoms with Gasteiger partial charge in [0.2, 0.25) is 0 Å². The second kappa shape index (κ2) is 5.16. The van der Waals surface area contributed by atoms with Gasteiger partial charge in [0.15, 0.2) is 0 Å². The van der Waals surface area contributed by atoms with Gasteiger partial charge in [0.25, 0.3) is 0 Å². The molecule has 0 bridgehead atoms. The molecule has 1 aliphatic rings. The fourth-order valence-corrected chi connectivity index (χ4v) is 4.70. The zero-order valence-corrected chi connectivity index (χ0v) is 13.0. The lowest BCUT2D eigenvalue weighted by atomic mass is 10.1. The van der Waals surface area contributed by atoms with Crippen LogP contribution in [-0.4, -0.2) is 5.84 Å². The molecule has 4 heterocycles. The largest absolute Gasteiger partial charge is 0.359 e. The molecule has 0 saturated heterocycles. The molecule has 3 aromatic heterocycles. The predicted octanol–water partition coefficient (Wildman–Crippen LogP) is 4.70. The SMILES string of the molecule is c1csc(C2=N[C@H](c3cccs3)[C@H](c3cccs3)N2)c1. The molecular weight excluding hydrogens is 304 g/mol. The van der Waals surface area contributed by atoms with Gasteiger partial charge in [-0.3, -0.25) is 4.99 Å². The van der Waals surface area contributed by atoms with Crippen LogP contribution in [-0.2, 0) is 0 Å². The van der Waals surface area contributed by atoms with Crippen molar-refractivity contribution in [2.45, 2.75) is 12.1 Å². The fraction of sp³-hybridized carbons (Fsp3) is 0.133. The summed E-state index contributed by atoms with van der Waals surface area (Å²) in [5.74, 6) is 1.02. The molecule has 0 amide bonds. The average molecular weight is 316 g/mol. The number of hydrogen-bond donors (Lipinski definition) is 1. The Kier molecular flexibility index (Phi) is 3.18. The van der Waals surface area contributed by atoms with Crippen molar-refractivity contribution in [2.24, 2.45) is 4.99 Å². The molecule has 0 spiro atoms. The molecule has 2 atom stereocenters. The molecule has 4 rings (SSSR count). The van der Waals surface area contributed by atoms with Crippen molar-refractivity contribution in [3.8, 4) is 0 Å². The van der Waals surface area contributed by atoms with Crippen molar-refractivity contribution in [3.05, 3.63) is 67.2 Å². The van der Waals surface area contributed by atoms with E-state index in [0.29, 0.717) is 0 Å². The van der Waals surface area contributed by atoms with E-state index >= 15 is 0 Å². The number of aliphatic imine (C=N–C) groups is 1. The quantitative estimate of drug-likeness (QED) is 0.744. The van der Waals surface area contributed by atoms with Crippen LogP contribution >= 0.6 is 34.0 Å². The van der Waals surface area contributed by atoms with Crippen LogP contribution in [0.15, 0.2) is 57.5 Å². The zero-order chi connectivity index (χ0) is 13.4. The lowest BCUT2D eigenvalue weighted by molar-refractivity contribution is 0.589. The molecule has 0 saturated carbocycles. The van der Waals surface area contributed by atoms with Gasteiger partial charge >= 0.3 is 0 Å². The second-order valence-corrected chi connectivity index (χ2v) is 7.46. The van der Waals surface area contributed by atoms with Crippen LogP contribution in [0, 0.1) is 0 Å². The first-order chi connectivity index (χ1) is 9.92. The minimum Gasteiger partial charge on any atom is -0.359 e. The lowest BCUT2D eigenvalue weighted by Gasteiger charge is -2.16. The van der Waals surface area contributed by atoms with Crippen LogP contribution in [0.3, 0.4) is 0 Å². The zero-order valence-electron chi connectivity index (χ0n) is 10.5. The number of hydrogen-bond acceptors (Lipinski definition) is 5. The Balaban J connectivity index is 1.74. The monoisotopic (exact) mass is 316 g/mol. The normalized spacial score (nSPS) is 21.7. The number of nitrogens with one attached hydrogen (secondary N) is 1. The Hall–Kier alpha value is -1.43. The van der Waals surface area contributed by atoms with Gasteiger partial charge in [-0.05, 0) is 34.3 Å². The maximum atomic E-state index is 4.94. The van der Waals surface area contributed by atoms with Crippen LogP contribution in [0.1, 0.15) is 26.7 Å². The molecule has 1 N–H and O–H groups in total. The summed E-state index contributed by atoms with van der Waals surface area (Å²) in [5, 5.41) is 9.96. The van der Waals surface area contributed by atoms with Crippen molar-refractivity contribution < 1.29 is 0 Å². The van der Waals surface area contributed by atoms with Gasteiger partial charge in [-0.2, -0.15) is 0 Å². The third kappa shape index (κ3) is 2.12. The molecule has 1 aliphatic heterocycles. The van der Waals surface area contributed by atoms with E-state index < -0.39 is 0 Å². The molecule has 0 radical (unpaired) electrons. The molecule has 2 nitrogen and oxygen atoms in total. The van der Waals surface area contributed by atoms with E-state index in [1.54, 1.807) is 34.0 Å². The Labute approximate surface area is 129 Å². The van der Waals surface area contributed by atoms with E-state index in [4.69, 9.17) is 4.99 Å². The molecule has 0 aliphatic carbocycles. The smallest absolute Gasteiger partial charge is 0.139 e. The van der Waals surface area contributed by atoms with Gasteiger partial charge in [0.1, 0.15) is 11.9 Å². The molecule has 20 heavy (non-hydrogen) atoms. The molecule has 5 heteroatoms. The highest BCUT2D eigenvalue weighted by Crippen LogP contribution is 2.40. The summed E-state index contributed by atoms with van der Waals surface area (Å²) in [6.07, 6.45) is 0. The molecule has 0 unspecified atom stereocenters. The van der Waals surface area contributed by atoms with Gasteiger partial charge in [0, 0.05) is 9.75 Å².